The Morgan fingerprint density at radius 3 is 2.13 bits per heavy atom. The summed E-state index contributed by atoms with van der Waals surface area (Å²) in [5, 5.41) is 12.8. The van der Waals surface area contributed by atoms with E-state index in [1.165, 1.54) is 23.6 Å². The first kappa shape index (κ1) is 23.4. The van der Waals surface area contributed by atoms with Crippen molar-refractivity contribution in [2.45, 2.75) is 50.5 Å². The Morgan fingerprint density at radius 1 is 1.10 bits per heavy atom. The van der Waals surface area contributed by atoms with Gasteiger partial charge >= 0.3 is 5.97 Å². The zero-order valence-corrected chi connectivity index (χ0v) is 19.7. The van der Waals surface area contributed by atoms with Gasteiger partial charge in [-0.05, 0) is 21.5 Å². The van der Waals surface area contributed by atoms with Gasteiger partial charge in [0.25, 0.3) is 8.32 Å². The highest BCUT2D eigenvalue weighted by atomic mass is 28.4. The molecule has 0 aromatic heterocycles. The average molecular weight is 441 g/mol. The predicted octanol–water partition coefficient (Wildman–Crippen LogP) is 2.81. The minimum atomic E-state index is -2.69. The van der Waals surface area contributed by atoms with Crippen LogP contribution < -0.4 is 10.4 Å². The topological polar surface area (TPSA) is 65.0 Å². The molecule has 2 aromatic carbocycles. The molecular formula is C25H32O5Si. The van der Waals surface area contributed by atoms with Crippen molar-refractivity contribution >= 4 is 24.7 Å². The molecule has 166 valence electrons. The van der Waals surface area contributed by atoms with Crippen molar-refractivity contribution in [1.82, 2.24) is 0 Å². The lowest BCUT2D eigenvalue weighted by atomic mass is 10.1. The summed E-state index contributed by atoms with van der Waals surface area (Å²) in [4.78, 5) is 11.4. The van der Waals surface area contributed by atoms with Gasteiger partial charge in [0.2, 0.25) is 0 Å². The van der Waals surface area contributed by atoms with Gasteiger partial charge in [0.15, 0.2) is 0 Å². The van der Waals surface area contributed by atoms with E-state index >= 15 is 0 Å². The lowest BCUT2D eigenvalue weighted by Gasteiger charge is -2.43. The van der Waals surface area contributed by atoms with Crippen molar-refractivity contribution < 1.29 is 23.8 Å². The van der Waals surface area contributed by atoms with E-state index in [2.05, 4.69) is 49.8 Å². The number of hydrogen-bond donors (Lipinski definition) is 1. The van der Waals surface area contributed by atoms with Gasteiger partial charge in [0.1, 0.15) is 6.10 Å². The molecule has 1 N–H and O–H groups in total. The third kappa shape index (κ3) is 5.15. The molecule has 1 saturated heterocycles. The minimum Gasteiger partial charge on any atom is -0.466 e. The van der Waals surface area contributed by atoms with Crippen LogP contribution in [0.1, 0.15) is 27.2 Å². The molecule has 1 aliphatic heterocycles. The van der Waals surface area contributed by atoms with Crippen LogP contribution in [-0.2, 0) is 18.7 Å². The average Bonchev–Trinajstić information content (AvgIpc) is 3.12. The monoisotopic (exact) mass is 440 g/mol. The summed E-state index contributed by atoms with van der Waals surface area (Å²) < 4.78 is 17.5. The number of methoxy groups -OCH3 is 1. The van der Waals surface area contributed by atoms with Crippen LogP contribution in [0, 0.1) is 0 Å². The maximum Gasteiger partial charge on any atom is 0.330 e. The first-order chi connectivity index (χ1) is 14.8. The highest BCUT2D eigenvalue weighted by Crippen LogP contribution is 2.37. The fourth-order valence-electron chi connectivity index (χ4n) is 4.26. The third-order valence-corrected chi connectivity index (χ3v) is 10.8. The van der Waals surface area contributed by atoms with Gasteiger partial charge in [-0.2, -0.15) is 0 Å². The number of aliphatic hydroxyl groups is 1. The molecule has 1 fully saturated rings. The molecule has 2 aromatic rings. The number of benzene rings is 2. The Labute approximate surface area is 185 Å². The Morgan fingerprint density at radius 2 is 1.65 bits per heavy atom. The van der Waals surface area contributed by atoms with E-state index in [1.807, 2.05) is 36.4 Å². The Bertz CT molecular complexity index is 836. The summed E-state index contributed by atoms with van der Waals surface area (Å²) in [6, 6.07) is 20.8. The molecule has 0 unspecified atom stereocenters. The molecule has 3 rings (SSSR count). The fraction of sp³-hybridized carbons (Fsp3) is 0.400. The summed E-state index contributed by atoms with van der Waals surface area (Å²) >= 11 is 0. The largest absolute Gasteiger partial charge is 0.466 e. The number of carbonyl (C=O) groups is 1. The number of rotatable bonds is 7. The number of aliphatic hydroxyl groups excluding tert-OH is 1. The van der Waals surface area contributed by atoms with Crippen LogP contribution in [0.2, 0.25) is 5.04 Å². The van der Waals surface area contributed by atoms with Gasteiger partial charge in [0, 0.05) is 12.5 Å². The van der Waals surface area contributed by atoms with Crippen LogP contribution in [0.25, 0.3) is 0 Å². The molecule has 5 nitrogen and oxygen atoms in total. The second-order valence-electron chi connectivity index (χ2n) is 8.87. The SMILES string of the molecule is COC(=O)/C=C/[C@H]1C[C@H](O)[C@@H](CO[Si](c2ccccc2)(c2ccccc2)C(C)(C)C)O1. The summed E-state index contributed by atoms with van der Waals surface area (Å²) in [5.74, 6) is -0.440. The van der Waals surface area contributed by atoms with Crippen molar-refractivity contribution in [2.24, 2.45) is 0 Å². The highest BCUT2D eigenvalue weighted by Gasteiger charge is 2.51. The molecule has 0 saturated carbocycles. The molecule has 0 radical (unpaired) electrons. The lowest BCUT2D eigenvalue weighted by Crippen LogP contribution is -2.67. The van der Waals surface area contributed by atoms with Gasteiger partial charge in [-0.1, -0.05) is 81.4 Å². The van der Waals surface area contributed by atoms with Crippen molar-refractivity contribution in [3.63, 3.8) is 0 Å². The van der Waals surface area contributed by atoms with E-state index in [0.717, 1.165) is 0 Å². The highest BCUT2D eigenvalue weighted by molar-refractivity contribution is 6.99. The van der Waals surface area contributed by atoms with Gasteiger partial charge in [0.05, 0.1) is 25.9 Å². The quantitative estimate of drug-likeness (QED) is 0.407. The maximum atomic E-state index is 11.4. The van der Waals surface area contributed by atoms with Gasteiger partial charge in [-0.15, -0.1) is 0 Å². The van der Waals surface area contributed by atoms with Crippen LogP contribution in [0.5, 0.6) is 0 Å². The van der Waals surface area contributed by atoms with E-state index in [4.69, 9.17) is 9.16 Å². The van der Waals surface area contributed by atoms with Crippen molar-refractivity contribution in [3.8, 4) is 0 Å². The first-order valence-corrected chi connectivity index (χ1v) is 12.5. The van der Waals surface area contributed by atoms with Crippen molar-refractivity contribution in [3.05, 3.63) is 72.8 Å². The summed E-state index contributed by atoms with van der Waals surface area (Å²) in [5.41, 5.74) is 0. The smallest absolute Gasteiger partial charge is 0.330 e. The molecule has 0 bridgehead atoms. The van der Waals surface area contributed by atoms with E-state index in [1.54, 1.807) is 6.08 Å². The molecule has 31 heavy (non-hydrogen) atoms. The van der Waals surface area contributed by atoms with Crippen LogP contribution >= 0.6 is 0 Å². The summed E-state index contributed by atoms with van der Waals surface area (Å²) in [6.45, 7) is 6.92. The van der Waals surface area contributed by atoms with Crippen LogP contribution in [0.4, 0.5) is 0 Å². The van der Waals surface area contributed by atoms with Crippen LogP contribution in [-0.4, -0.2) is 51.4 Å². The fourth-order valence-corrected chi connectivity index (χ4v) is 8.83. The number of carbonyl (C=O) groups excluding carboxylic acids is 1. The first-order valence-electron chi connectivity index (χ1n) is 10.6. The molecule has 1 aliphatic rings. The number of hydrogen-bond acceptors (Lipinski definition) is 5. The van der Waals surface area contributed by atoms with E-state index in [0.29, 0.717) is 6.42 Å². The zero-order valence-electron chi connectivity index (χ0n) is 18.7. The van der Waals surface area contributed by atoms with E-state index in [9.17, 15) is 9.90 Å². The standard InChI is InChI=1S/C25H32O5Si/c1-25(2,3)31(20-11-7-5-8-12-20,21-13-9-6-10-14-21)29-18-23-22(26)17-19(30-23)15-16-24(27)28-4/h5-16,19,22-23,26H,17-18H2,1-4H3/b16-15+/t19-,22-,23+/m0/s1. The molecule has 1 heterocycles. The summed E-state index contributed by atoms with van der Waals surface area (Å²) in [6.07, 6.45) is 1.92. The molecule has 0 amide bonds. The Kier molecular flexibility index (Phi) is 7.49. The molecular weight excluding hydrogens is 408 g/mol. The maximum absolute atomic E-state index is 11.4. The van der Waals surface area contributed by atoms with Crippen molar-refractivity contribution in [2.75, 3.05) is 13.7 Å². The third-order valence-electron chi connectivity index (χ3n) is 5.78. The minimum absolute atomic E-state index is 0.149. The van der Waals surface area contributed by atoms with Crippen LogP contribution in [0.3, 0.4) is 0 Å². The second-order valence-corrected chi connectivity index (χ2v) is 13.2. The molecule has 3 atom stereocenters. The van der Waals surface area contributed by atoms with Gasteiger partial charge in [-0.3, -0.25) is 0 Å². The zero-order chi connectivity index (χ0) is 22.5. The van der Waals surface area contributed by atoms with E-state index in [-0.39, 0.29) is 17.7 Å². The lowest BCUT2D eigenvalue weighted by molar-refractivity contribution is -0.134. The Hall–Kier alpha value is -2.25. The predicted molar refractivity (Wildman–Crippen MR) is 124 cm³/mol. The van der Waals surface area contributed by atoms with Gasteiger partial charge in [-0.25, -0.2) is 4.79 Å². The number of ether oxygens (including phenoxy) is 2. The normalized spacial score (nSPS) is 22.0. The molecule has 6 heteroatoms. The molecule has 0 aliphatic carbocycles. The van der Waals surface area contributed by atoms with Crippen molar-refractivity contribution in [1.29, 1.82) is 0 Å². The van der Waals surface area contributed by atoms with Crippen LogP contribution in [0.15, 0.2) is 72.8 Å². The Balaban J connectivity index is 1.88. The summed E-state index contributed by atoms with van der Waals surface area (Å²) in [7, 11) is -1.36. The van der Waals surface area contributed by atoms with E-state index < -0.39 is 26.5 Å². The van der Waals surface area contributed by atoms with Gasteiger partial charge < -0.3 is 19.0 Å². The number of esters is 1. The molecule has 0 spiro atoms. The second kappa shape index (κ2) is 9.91.